The van der Waals surface area contributed by atoms with Gasteiger partial charge in [0.25, 0.3) is 5.91 Å². The lowest BCUT2D eigenvalue weighted by molar-refractivity contribution is 0.0955. The minimum absolute atomic E-state index is 0.334. The van der Waals surface area contributed by atoms with Gasteiger partial charge in [-0.1, -0.05) is 30.3 Å². The molecule has 0 fully saturated rings. The number of benzene rings is 2. The van der Waals surface area contributed by atoms with Gasteiger partial charge >= 0.3 is 0 Å². The molecule has 0 saturated carbocycles. The number of ether oxygens (including phenoxy) is 2. The van der Waals surface area contributed by atoms with E-state index in [1.165, 1.54) is 6.21 Å². The third-order valence-electron chi connectivity index (χ3n) is 3.44. The molecule has 0 radical (unpaired) electrons. The Morgan fingerprint density at radius 2 is 2.04 bits per heavy atom. The number of halogens is 1. The van der Waals surface area contributed by atoms with Crippen molar-refractivity contribution >= 4 is 23.7 Å². The van der Waals surface area contributed by atoms with Crippen molar-refractivity contribution in [1.82, 2.24) is 5.43 Å². The zero-order chi connectivity index (χ0) is 18.9. The molecule has 0 atom stereocenters. The second-order valence-electron chi connectivity index (χ2n) is 5.40. The first-order chi connectivity index (χ1) is 12.5. The first kappa shape index (κ1) is 19.5. The van der Waals surface area contributed by atoms with Crippen LogP contribution in [-0.4, -0.2) is 25.3 Å². The standard InChI is InChI=1S/C20H21ClN2O3/c1-4-10-26-18-9-7-15(11-19(18)25-5-2)13-22-23-20(24)16-8-6-14(3)17(21)12-16/h4,6-9,11-13H,1,5,10H2,2-3H3,(H,23,24)/b22-13-. The van der Waals surface area contributed by atoms with Gasteiger partial charge in [-0.25, -0.2) is 5.43 Å². The van der Waals surface area contributed by atoms with Gasteiger partial charge in [0.05, 0.1) is 12.8 Å². The molecule has 0 spiro atoms. The third-order valence-corrected chi connectivity index (χ3v) is 3.85. The van der Waals surface area contributed by atoms with Crippen molar-refractivity contribution < 1.29 is 14.3 Å². The quantitative estimate of drug-likeness (QED) is 0.425. The molecule has 2 rings (SSSR count). The Morgan fingerprint density at radius 3 is 2.73 bits per heavy atom. The van der Waals surface area contributed by atoms with Gasteiger partial charge in [0, 0.05) is 10.6 Å². The second kappa shape index (κ2) is 9.63. The number of hydrazone groups is 1. The van der Waals surface area contributed by atoms with Gasteiger partial charge in [-0.2, -0.15) is 5.10 Å². The molecule has 26 heavy (non-hydrogen) atoms. The van der Waals surface area contributed by atoms with E-state index in [1.54, 1.807) is 36.4 Å². The maximum absolute atomic E-state index is 12.1. The number of hydrogen-bond donors (Lipinski definition) is 1. The van der Waals surface area contributed by atoms with Crippen molar-refractivity contribution in [2.75, 3.05) is 13.2 Å². The van der Waals surface area contributed by atoms with Gasteiger partial charge in [0.1, 0.15) is 6.61 Å². The van der Waals surface area contributed by atoms with Crippen LogP contribution >= 0.6 is 11.6 Å². The third kappa shape index (κ3) is 5.36. The maximum Gasteiger partial charge on any atom is 0.271 e. The number of hydrogen-bond acceptors (Lipinski definition) is 4. The number of amides is 1. The average Bonchev–Trinajstić information content (AvgIpc) is 2.63. The lowest BCUT2D eigenvalue weighted by Crippen LogP contribution is -2.17. The summed E-state index contributed by atoms with van der Waals surface area (Å²) in [5.41, 5.74) is 4.60. The molecule has 0 aliphatic carbocycles. The normalized spacial score (nSPS) is 10.6. The predicted octanol–water partition coefficient (Wildman–Crippen LogP) is 4.38. The zero-order valence-corrected chi connectivity index (χ0v) is 15.5. The van der Waals surface area contributed by atoms with Gasteiger partial charge in [-0.05, 0) is 55.3 Å². The minimum Gasteiger partial charge on any atom is -0.490 e. The van der Waals surface area contributed by atoms with Crippen molar-refractivity contribution in [3.05, 3.63) is 70.8 Å². The fraction of sp³-hybridized carbons (Fsp3) is 0.200. The fourth-order valence-corrected chi connectivity index (χ4v) is 2.29. The Balaban J connectivity index is 2.06. The van der Waals surface area contributed by atoms with Crippen LogP contribution in [0.4, 0.5) is 0 Å². The largest absolute Gasteiger partial charge is 0.490 e. The van der Waals surface area contributed by atoms with Crippen molar-refractivity contribution in [3.8, 4) is 11.5 Å². The van der Waals surface area contributed by atoms with E-state index in [4.69, 9.17) is 21.1 Å². The zero-order valence-electron chi connectivity index (χ0n) is 14.8. The van der Waals surface area contributed by atoms with Crippen LogP contribution in [0.15, 0.2) is 54.2 Å². The molecule has 1 amide bonds. The molecular weight excluding hydrogens is 352 g/mol. The second-order valence-corrected chi connectivity index (χ2v) is 5.81. The summed E-state index contributed by atoms with van der Waals surface area (Å²) in [6, 6.07) is 10.5. The maximum atomic E-state index is 12.1. The van der Waals surface area contributed by atoms with Gasteiger partial charge in [0.2, 0.25) is 0 Å². The van der Waals surface area contributed by atoms with Crippen LogP contribution in [-0.2, 0) is 0 Å². The number of aryl methyl sites for hydroxylation is 1. The monoisotopic (exact) mass is 372 g/mol. The molecule has 2 aromatic carbocycles. The molecule has 1 N–H and O–H groups in total. The summed E-state index contributed by atoms with van der Waals surface area (Å²) in [6.07, 6.45) is 3.20. The van der Waals surface area contributed by atoms with Crippen LogP contribution in [0.25, 0.3) is 0 Å². The summed E-state index contributed by atoms with van der Waals surface area (Å²) in [4.78, 5) is 12.1. The van der Waals surface area contributed by atoms with Crippen molar-refractivity contribution in [3.63, 3.8) is 0 Å². The highest BCUT2D eigenvalue weighted by Gasteiger charge is 2.07. The number of nitrogens with zero attached hydrogens (tertiary/aromatic N) is 1. The summed E-state index contributed by atoms with van der Waals surface area (Å²) >= 11 is 6.04. The Labute approximate surface area is 158 Å². The summed E-state index contributed by atoms with van der Waals surface area (Å²) < 4.78 is 11.1. The van der Waals surface area contributed by atoms with Crippen LogP contribution in [0, 0.1) is 6.92 Å². The summed E-state index contributed by atoms with van der Waals surface area (Å²) in [5.74, 6) is 0.899. The first-order valence-electron chi connectivity index (χ1n) is 8.15. The summed E-state index contributed by atoms with van der Waals surface area (Å²) in [6.45, 7) is 8.30. The SMILES string of the molecule is C=CCOc1ccc(/C=N\NC(=O)c2ccc(C)c(Cl)c2)cc1OCC. The average molecular weight is 373 g/mol. The van der Waals surface area contributed by atoms with Gasteiger partial charge in [-0.3, -0.25) is 4.79 Å². The predicted molar refractivity (Wildman–Crippen MR) is 105 cm³/mol. The molecule has 2 aromatic rings. The van der Waals surface area contributed by atoms with Crippen molar-refractivity contribution in [2.45, 2.75) is 13.8 Å². The van der Waals surface area contributed by atoms with Gasteiger partial charge < -0.3 is 9.47 Å². The van der Waals surface area contributed by atoms with E-state index in [9.17, 15) is 4.79 Å². The fourth-order valence-electron chi connectivity index (χ4n) is 2.11. The molecule has 5 nitrogen and oxygen atoms in total. The van der Waals surface area contributed by atoms with E-state index in [2.05, 4.69) is 17.1 Å². The van der Waals surface area contributed by atoms with Gasteiger partial charge in [0.15, 0.2) is 11.5 Å². The van der Waals surface area contributed by atoms with Crippen LogP contribution in [0.5, 0.6) is 11.5 Å². The van der Waals surface area contributed by atoms with Crippen LogP contribution in [0.3, 0.4) is 0 Å². The van der Waals surface area contributed by atoms with Crippen LogP contribution in [0.2, 0.25) is 5.02 Å². The van der Waals surface area contributed by atoms with Gasteiger partial charge in [-0.15, -0.1) is 0 Å². The van der Waals surface area contributed by atoms with E-state index < -0.39 is 0 Å². The molecule has 0 unspecified atom stereocenters. The summed E-state index contributed by atoms with van der Waals surface area (Å²) in [7, 11) is 0. The van der Waals surface area contributed by atoms with Crippen molar-refractivity contribution in [1.29, 1.82) is 0 Å². The molecule has 0 bridgehead atoms. The Hall–Kier alpha value is -2.79. The molecular formula is C20H21ClN2O3. The number of rotatable bonds is 8. The molecule has 0 heterocycles. The van der Waals surface area contributed by atoms with Crippen LogP contribution in [0.1, 0.15) is 28.4 Å². The molecule has 136 valence electrons. The van der Waals surface area contributed by atoms with E-state index in [1.807, 2.05) is 19.9 Å². The van der Waals surface area contributed by atoms with E-state index in [0.29, 0.717) is 35.3 Å². The Morgan fingerprint density at radius 1 is 1.23 bits per heavy atom. The van der Waals surface area contributed by atoms with Crippen LogP contribution < -0.4 is 14.9 Å². The van der Waals surface area contributed by atoms with E-state index in [-0.39, 0.29) is 5.91 Å². The van der Waals surface area contributed by atoms with Crippen molar-refractivity contribution in [2.24, 2.45) is 5.10 Å². The number of nitrogens with one attached hydrogen (secondary N) is 1. The Kier molecular flexibility index (Phi) is 7.24. The summed E-state index contributed by atoms with van der Waals surface area (Å²) in [5, 5.41) is 4.52. The number of carbonyl (C=O) groups is 1. The number of carbonyl (C=O) groups excluding carboxylic acids is 1. The molecule has 0 aliphatic rings. The molecule has 0 aliphatic heterocycles. The highest BCUT2D eigenvalue weighted by Crippen LogP contribution is 2.28. The van der Waals surface area contributed by atoms with E-state index in [0.717, 1.165) is 11.1 Å². The Bertz CT molecular complexity index is 819. The molecule has 6 heteroatoms. The van der Waals surface area contributed by atoms with E-state index >= 15 is 0 Å². The first-order valence-corrected chi connectivity index (χ1v) is 8.53. The lowest BCUT2D eigenvalue weighted by Gasteiger charge is -2.11. The minimum atomic E-state index is -0.334. The topological polar surface area (TPSA) is 59.9 Å². The molecule has 0 saturated heterocycles. The molecule has 0 aromatic heterocycles. The highest BCUT2D eigenvalue weighted by molar-refractivity contribution is 6.31. The lowest BCUT2D eigenvalue weighted by atomic mass is 10.1. The smallest absolute Gasteiger partial charge is 0.271 e. The highest BCUT2D eigenvalue weighted by atomic mass is 35.5.